The molecule has 0 saturated heterocycles. The molecule has 14 heteroatoms. The largest absolute Gasteiger partial charge is 3.00 e. The Kier molecular flexibility index (Phi) is 53.3. The minimum absolute atomic E-state index is 0. The molecule has 0 radical (unpaired) electrons. The zero-order valence-electron chi connectivity index (χ0n) is 5.50. The topological polar surface area (TPSA) is 190 Å². The first-order valence-electron chi connectivity index (χ1n) is 1.50. The Hall–Kier alpha value is 2.73. The van der Waals surface area contributed by atoms with Crippen LogP contribution in [0.1, 0.15) is 0 Å². The van der Waals surface area contributed by atoms with Crippen LogP contribution in [0.15, 0.2) is 0 Å². The van der Waals surface area contributed by atoms with E-state index in [1.54, 1.807) is 0 Å². The Bertz CT molecular complexity index is 116. The van der Waals surface area contributed by atoms with E-state index in [1.165, 1.54) is 0 Å². The summed E-state index contributed by atoms with van der Waals surface area (Å²) in [5, 5.41) is 0. The Balaban J connectivity index is -0.0000000270. The van der Waals surface area contributed by atoms with Crippen LogP contribution >= 0.6 is 0 Å². The van der Waals surface area contributed by atoms with Crippen LogP contribution in [0.5, 0.6) is 0 Å². The summed E-state index contributed by atoms with van der Waals surface area (Å²) < 4.78 is 76.0. The number of hydrogen-bond donors (Lipinski definition) is 0. The van der Waals surface area contributed by atoms with Crippen molar-refractivity contribution >= 4 is 34.1 Å². The first kappa shape index (κ1) is 30.1. The minimum atomic E-state index is -3.11. The second kappa shape index (κ2) is 24.8. The molecule has 0 N–H and O–H groups in total. The monoisotopic (exact) mass is 570 g/mol. The zero-order valence-corrected chi connectivity index (χ0v) is 11.8. The molecule has 14 heavy (non-hydrogen) atoms. The van der Waals surface area contributed by atoms with E-state index in [4.69, 9.17) is 39.9 Å². The Morgan fingerprint density at radius 1 is 0.500 bits per heavy atom. The number of hydrogen-bond acceptors (Lipinski definition) is 9. The van der Waals surface area contributed by atoms with Gasteiger partial charge in [0.25, 0.3) is 0 Å². The van der Waals surface area contributed by atoms with E-state index in [9.17, 15) is 0 Å². The van der Waals surface area contributed by atoms with Crippen molar-refractivity contribution in [2.45, 2.75) is 0 Å². The van der Waals surface area contributed by atoms with Gasteiger partial charge in [0.15, 0.2) is 0 Å². The molecule has 0 unspecified atom stereocenters. The summed E-state index contributed by atoms with van der Waals surface area (Å²) >= 11 is -9.33. The fourth-order valence-corrected chi connectivity index (χ4v) is 0. The van der Waals surface area contributed by atoms with Gasteiger partial charge in [0.1, 0.15) is 0 Å². The summed E-state index contributed by atoms with van der Waals surface area (Å²) in [6.45, 7) is 0. The summed E-state index contributed by atoms with van der Waals surface area (Å²) in [5.74, 6) is 0. The summed E-state index contributed by atoms with van der Waals surface area (Å²) in [6.07, 6.45) is 0. The fourth-order valence-electron chi connectivity index (χ4n) is 0. The van der Waals surface area contributed by atoms with Gasteiger partial charge in [-0.2, -0.15) is 0 Å². The molecule has 0 bridgehead atoms. The van der Waals surface area contributed by atoms with Crippen LogP contribution in [-0.2, 0) is 34.1 Å². The molecule has 0 saturated carbocycles. The smallest absolute Gasteiger partial charge is 0.784 e. The first-order chi connectivity index (χ1) is 5.20. The van der Waals surface area contributed by atoms with Crippen LogP contribution in [0.2, 0.25) is 0 Å². The Labute approximate surface area is 147 Å². The maximum Gasteiger partial charge on any atom is 3.00 e. The third kappa shape index (κ3) is 373. The van der Waals surface area contributed by atoms with E-state index < -0.39 is 34.1 Å². The molecule has 0 aliphatic carbocycles. The van der Waals surface area contributed by atoms with Crippen molar-refractivity contribution in [3.63, 3.8) is 0 Å². The molecule has 0 aliphatic rings. The molecule has 0 spiro atoms. The van der Waals surface area contributed by atoms with Crippen LogP contribution < -0.4 is 0 Å². The molecular formula is Ho2O9S3. The van der Waals surface area contributed by atoms with Gasteiger partial charge in [-0.15, -0.1) is 34.1 Å². The fraction of sp³-hybridized carbons (Fsp3) is 0. The average Bonchev–Trinajstić information content (AvgIpc) is 1.54. The van der Waals surface area contributed by atoms with Gasteiger partial charge in [0.05, 0.1) is 0 Å². The van der Waals surface area contributed by atoms with Crippen molar-refractivity contribution in [2.24, 2.45) is 0 Å². The van der Waals surface area contributed by atoms with Crippen LogP contribution in [-0.4, -0.2) is 39.9 Å². The summed E-state index contributed by atoms with van der Waals surface area (Å²) in [5.41, 5.74) is 0. The average molecular weight is 570 g/mol. The van der Waals surface area contributed by atoms with Crippen molar-refractivity contribution in [1.82, 2.24) is 0 Å². The van der Waals surface area contributed by atoms with Gasteiger partial charge in [-0.05, 0) is 0 Å². The van der Waals surface area contributed by atoms with Gasteiger partial charge in [-0.25, -0.2) is 0 Å². The predicted octanol–water partition coefficient (Wildman–Crippen LogP) is -3.01. The standard InChI is InChI=1S/2Ho.3H2O3S/c;;3*1-4(2)3/h;;3*(H2,1,2,3)/q2*+3;;;/p-6. The van der Waals surface area contributed by atoms with Gasteiger partial charge in [-0.1, -0.05) is 0 Å². The van der Waals surface area contributed by atoms with E-state index >= 15 is 0 Å². The van der Waals surface area contributed by atoms with Gasteiger partial charge in [0, 0.05) is 0 Å². The van der Waals surface area contributed by atoms with E-state index in [-0.39, 0.29) is 75.5 Å². The maximum absolute atomic E-state index is 8.44. The Morgan fingerprint density at radius 3 is 0.500 bits per heavy atom. The van der Waals surface area contributed by atoms with Crippen LogP contribution in [0.4, 0.5) is 0 Å². The Morgan fingerprint density at radius 2 is 0.500 bits per heavy atom. The van der Waals surface area contributed by atoms with Crippen molar-refractivity contribution < 1.29 is 115 Å². The van der Waals surface area contributed by atoms with E-state index in [2.05, 4.69) is 0 Å². The van der Waals surface area contributed by atoms with Crippen LogP contribution in [0.3, 0.4) is 0 Å². The normalized spacial score (nSPS) is 7.50. The van der Waals surface area contributed by atoms with Gasteiger partial charge in [0.2, 0.25) is 0 Å². The third-order valence-electron chi connectivity index (χ3n) is 0. The molecular weight excluding hydrogens is 570 g/mol. The summed E-state index contributed by atoms with van der Waals surface area (Å²) in [4.78, 5) is 0. The van der Waals surface area contributed by atoms with Gasteiger partial charge < -0.3 is 27.3 Å². The second-order valence-electron chi connectivity index (χ2n) is 0.612. The van der Waals surface area contributed by atoms with Crippen molar-refractivity contribution in [2.75, 3.05) is 0 Å². The quantitative estimate of drug-likeness (QED) is 0.216. The van der Waals surface area contributed by atoms with Gasteiger partial charge in [-0.3, -0.25) is 12.6 Å². The van der Waals surface area contributed by atoms with E-state index in [0.29, 0.717) is 0 Å². The molecule has 0 heterocycles. The molecule has 0 atom stereocenters. The van der Waals surface area contributed by atoms with Gasteiger partial charge >= 0.3 is 75.5 Å². The molecule has 0 amide bonds. The van der Waals surface area contributed by atoms with Crippen LogP contribution in [0, 0.1) is 75.5 Å². The summed E-state index contributed by atoms with van der Waals surface area (Å²) in [7, 11) is 0. The maximum atomic E-state index is 8.44. The number of rotatable bonds is 0. The van der Waals surface area contributed by atoms with E-state index in [0.717, 1.165) is 0 Å². The van der Waals surface area contributed by atoms with Crippen LogP contribution in [0.25, 0.3) is 0 Å². The molecule has 94 valence electrons. The predicted molar refractivity (Wildman–Crippen MR) is 29.1 cm³/mol. The van der Waals surface area contributed by atoms with Crippen molar-refractivity contribution in [1.29, 1.82) is 0 Å². The molecule has 0 aromatic heterocycles. The molecule has 0 aromatic carbocycles. The molecule has 0 fully saturated rings. The first-order valence-corrected chi connectivity index (χ1v) is 4.50. The van der Waals surface area contributed by atoms with Crippen molar-refractivity contribution in [3.8, 4) is 0 Å². The third-order valence-corrected chi connectivity index (χ3v) is 0. The molecule has 0 aromatic rings. The molecule has 0 aliphatic heterocycles. The SMILES string of the molecule is O=S([O-])[O-].O=S([O-])[O-].O=S([O-])[O-].[Ho+3].[Ho+3]. The second-order valence-corrected chi connectivity index (χ2v) is 1.84. The van der Waals surface area contributed by atoms with E-state index in [1.807, 2.05) is 0 Å². The molecule has 0 rings (SSSR count). The molecule has 9 nitrogen and oxygen atoms in total. The minimum Gasteiger partial charge on any atom is -0.784 e. The summed E-state index contributed by atoms with van der Waals surface area (Å²) in [6, 6.07) is 0. The zero-order chi connectivity index (χ0) is 10.7. The van der Waals surface area contributed by atoms with Crippen molar-refractivity contribution in [3.05, 3.63) is 0 Å².